The van der Waals surface area contributed by atoms with Crippen LogP contribution in [-0.2, 0) is 9.59 Å². The summed E-state index contributed by atoms with van der Waals surface area (Å²) in [5, 5.41) is 9.08. The molecule has 1 saturated heterocycles. The molecule has 1 aliphatic carbocycles. The molecule has 1 heterocycles. The summed E-state index contributed by atoms with van der Waals surface area (Å²) in [5.74, 6) is -3.19. The number of piperidine rings is 1. The lowest BCUT2D eigenvalue weighted by Crippen LogP contribution is -2.45. The molecule has 2 fully saturated rings. The van der Waals surface area contributed by atoms with Crippen molar-refractivity contribution in [2.75, 3.05) is 13.1 Å². The first-order valence-corrected chi connectivity index (χ1v) is 7.96. The Labute approximate surface area is 138 Å². The highest BCUT2D eigenvalue weighted by molar-refractivity contribution is 5.81. The maximum absolute atomic E-state index is 13.2. The Morgan fingerprint density at radius 1 is 1.29 bits per heavy atom. The quantitative estimate of drug-likeness (QED) is 0.915. The van der Waals surface area contributed by atoms with Crippen molar-refractivity contribution in [3.05, 3.63) is 29.8 Å². The van der Waals surface area contributed by atoms with Crippen molar-refractivity contribution in [3.8, 4) is 5.75 Å². The second-order valence-corrected chi connectivity index (χ2v) is 6.62. The number of nitrogens with zero attached hydrogens (tertiary/aromatic N) is 1. The monoisotopic (exact) mass is 339 g/mol. The zero-order chi connectivity index (χ0) is 17.5. The number of rotatable bonds is 4. The van der Waals surface area contributed by atoms with Gasteiger partial charge in [-0.25, -0.2) is 8.78 Å². The van der Waals surface area contributed by atoms with Gasteiger partial charge in [0.2, 0.25) is 0 Å². The molecule has 0 bridgehead atoms. The van der Waals surface area contributed by atoms with Crippen LogP contribution in [-0.4, -0.2) is 41.1 Å². The Morgan fingerprint density at radius 3 is 2.50 bits per heavy atom. The number of amides is 1. The van der Waals surface area contributed by atoms with Gasteiger partial charge in [-0.1, -0.05) is 0 Å². The highest BCUT2D eigenvalue weighted by atomic mass is 19.2. The summed E-state index contributed by atoms with van der Waals surface area (Å²) in [7, 11) is 0. The third-order valence-electron chi connectivity index (χ3n) is 5.11. The van der Waals surface area contributed by atoms with Crippen LogP contribution in [0.5, 0.6) is 5.75 Å². The molecule has 0 aromatic heterocycles. The first-order valence-electron chi connectivity index (χ1n) is 7.96. The molecule has 1 saturated carbocycles. The molecule has 24 heavy (non-hydrogen) atoms. The Kier molecular flexibility index (Phi) is 4.19. The van der Waals surface area contributed by atoms with Gasteiger partial charge in [-0.2, -0.15) is 0 Å². The molecular weight excluding hydrogens is 320 g/mol. The molecular formula is C17H19F2NO4. The number of hydrogen-bond acceptors (Lipinski definition) is 3. The van der Waals surface area contributed by atoms with Gasteiger partial charge in [-0.3, -0.25) is 9.59 Å². The first-order chi connectivity index (χ1) is 11.3. The van der Waals surface area contributed by atoms with Gasteiger partial charge < -0.3 is 14.7 Å². The molecule has 0 radical (unpaired) electrons. The van der Waals surface area contributed by atoms with E-state index in [1.165, 1.54) is 6.07 Å². The van der Waals surface area contributed by atoms with Crippen LogP contribution in [0.4, 0.5) is 8.78 Å². The summed E-state index contributed by atoms with van der Waals surface area (Å²) in [6, 6.07) is 3.13. The molecule has 1 aromatic rings. The molecule has 1 aliphatic heterocycles. The fourth-order valence-electron chi connectivity index (χ4n) is 3.48. The van der Waals surface area contributed by atoms with Crippen molar-refractivity contribution >= 4 is 11.9 Å². The molecule has 1 spiro atoms. The number of likely N-dealkylation sites (tertiary alicyclic amines) is 1. The lowest BCUT2D eigenvalue weighted by molar-refractivity contribution is -0.141. The van der Waals surface area contributed by atoms with Crippen LogP contribution in [0.2, 0.25) is 0 Å². The van der Waals surface area contributed by atoms with Crippen molar-refractivity contribution in [1.82, 2.24) is 4.90 Å². The molecule has 130 valence electrons. The van der Waals surface area contributed by atoms with Gasteiger partial charge in [-0.05, 0) is 43.7 Å². The smallest absolute Gasteiger partial charge is 0.307 e. The second-order valence-electron chi connectivity index (χ2n) is 6.62. The topological polar surface area (TPSA) is 66.8 Å². The van der Waals surface area contributed by atoms with E-state index in [4.69, 9.17) is 9.84 Å². The standard InChI is InChI=1S/C17H19F2NO4/c1-10(24-11-2-3-13(18)14(19)8-11)15(21)20-6-4-17(5-7-20)9-12(17)16(22)23/h2-3,8,10,12H,4-7,9H2,1H3,(H,22,23). The summed E-state index contributed by atoms with van der Waals surface area (Å²) in [4.78, 5) is 25.1. The van der Waals surface area contributed by atoms with Crippen molar-refractivity contribution < 1.29 is 28.2 Å². The summed E-state index contributed by atoms with van der Waals surface area (Å²) < 4.78 is 31.5. The van der Waals surface area contributed by atoms with E-state index < -0.39 is 23.7 Å². The molecule has 1 N–H and O–H groups in total. The van der Waals surface area contributed by atoms with E-state index in [2.05, 4.69) is 0 Å². The third kappa shape index (κ3) is 3.07. The number of carbonyl (C=O) groups excluding carboxylic acids is 1. The van der Waals surface area contributed by atoms with Crippen LogP contribution in [0, 0.1) is 23.0 Å². The van der Waals surface area contributed by atoms with E-state index in [0.29, 0.717) is 32.4 Å². The number of carboxylic acids is 1. The number of carbonyl (C=O) groups is 2. The van der Waals surface area contributed by atoms with E-state index in [1.54, 1.807) is 11.8 Å². The maximum atomic E-state index is 13.2. The molecule has 2 aliphatic rings. The predicted molar refractivity (Wildman–Crippen MR) is 80.4 cm³/mol. The van der Waals surface area contributed by atoms with E-state index in [9.17, 15) is 18.4 Å². The van der Waals surface area contributed by atoms with Gasteiger partial charge in [0.25, 0.3) is 5.91 Å². The fourth-order valence-corrected chi connectivity index (χ4v) is 3.48. The number of benzene rings is 1. The highest BCUT2D eigenvalue weighted by Gasteiger charge is 2.59. The minimum absolute atomic E-state index is 0.0939. The molecule has 2 unspecified atom stereocenters. The average molecular weight is 339 g/mol. The molecule has 1 amide bonds. The zero-order valence-corrected chi connectivity index (χ0v) is 13.3. The van der Waals surface area contributed by atoms with Gasteiger partial charge >= 0.3 is 5.97 Å². The normalized spacial score (nSPS) is 23.0. The van der Waals surface area contributed by atoms with Crippen LogP contribution in [0.25, 0.3) is 0 Å². The van der Waals surface area contributed by atoms with Gasteiger partial charge in [0.05, 0.1) is 5.92 Å². The average Bonchev–Trinajstić information content (AvgIpc) is 3.25. The third-order valence-corrected chi connectivity index (χ3v) is 5.11. The number of hydrogen-bond donors (Lipinski definition) is 1. The minimum Gasteiger partial charge on any atom is -0.481 e. The number of halogens is 2. The Balaban J connectivity index is 1.55. The van der Waals surface area contributed by atoms with Gasteiger partial charge in [0, 0.05) is 19.2 Å². The summed E-state index contributed by atoms with van der Waals surface area (Å²) in [6.45, 7) is 2.55. The SMILES string of the molecule is CC(Oc1ccc(F)c(F)c1)C(=O)N1CCC2(CC1)CC2C(=O)O. The van der Waals surface area contributed by atoms with Gasteiger partial charge in [0.1, 0.15) is 5.75 Å². The fraction of sp³-hybridized carbons (Fsp3) is 0.529. The van der Waals surface area contributed by atoms with E-state index >= 15 is 0 Å². The summed E-state index contributed by atoms with van der Waals surface area (Å²) in [5.41, 5.74) is -0.146. The second kappa shape index (κ2) is 6.03. The summed E-state index contributed by atoms with van der Waals surface area (Å²) >= 11 is 0. The van der Waals surface area contributed by atoms with Crippen LogP contribution in [0.3, 0.4) is 0 Å². The molecule has 3 rings (SSSR count). The Morgan fingerprint density at radius 2 is 1.96 bits per heavy atom. The number of ether oxygens (including phenoxy) is 1. The van der Waals surface area contributed by atoms with Crippen molar-refractivity contribution in [2.24, 2.45) is 11.3 Å². The van der Waals surface area contributed by atoms with E-state index in [1.807, 2.05) is 0 Å². The van der Waals surface area contributed by atoms with Gasteiger partial charge in [-0.15, -0.1) is 0 Å². The molecule has 2 atom stereocenters. The number of aliphatic carboxylic acids is 1. The molecule has 1 aromatic carbocycles. The largest absolute Gasteiger partial charge is 0.481 e. The molecule has 5 nitrogen and oxygen atoms in total. The predicted octanol–water partition coefficient (Wildman–Crippen LogP) is 2.45. The van der Waals surface area contributed by atoms with Crippen molar-refractivity contribution in [1.29, 1.82) is 0 Å². The minimum atomic E-state index is -1.03. The zero-order valence-electron chi connectivity index (χ0n) is 13.3. The maximum Gasteiger partial charge on any atom is 0.307 e. The van der Waals surface area contributed by atoms with Crippen LogP contribution < -0.4 is 4.74 Å². The van der Waals surface area contributed by atoms with Crippen molar-refractivity contribution in [2.45, 2.75) is 32.3 Å². The first kappa shape index (κ1) is 16.7. The van der Waals surface area contributed by atoms with E-state index in [0.717, 1.165) is 12.1 Å². The van der Waals surface area contributed by atoms with Crippen LogP contribution in [0.15, 0.2) is 18.2 Å². The van der Waals surface area contributed by atoms with Crippen LogP contribution in [0.1, 0.15) is 26.2 Å². The van der Waals surface area contributed by atoms with Crippen LogP contribution >= 0.6 is 0 Å². The lowest BCUT2D eigenvalue weighted by Gasteiger charge is -2.34. The highest BCUT2D eigenvalue weighted by Crippen LogP contribution is 2.59. The lowest BCUT2D eigenvalue weighted by atomic mass is 9.90. The summed E-state index contributed by atoms with van der Waals surface area (Å²) in [6.07, 6.45) is 1.21. The Bertz CT molecular complexity index is 671. The Hall–Kier alpha value is -2.18. The van der Waals surface area contributed by atoms with E-state index in [-0.39, 0.29) is 23.0 Å². The van der Waals surface area contributed by atoms with Crippen molar-refractivity contribution in [3.63, 3.8) is 0 Å². The molecule has 7 heteroatoms. The van der Waals surface area contributed by atoms with Gasteiger partial charge in [0.15, 0.2) is 17.7 Å². The number of carboxylic acid groups (broad SMARTS) is 1.